The maximum absolute atomic E-state index is 5.93. The minimum Gasteiger partial charge on any atom is -0.497 e. The fourth-order valence-corrected chi connectivity index (χ4v) is 2.08. The van der Waals surface area contributed by atoms with Gasteiger partial charge in [-0.15, -0.1) is 10.2 Å². The zero-order valence-electron chi connectivity index (χ0n) is 11.9. The molecule has 0 bridgehead atoms. The maximum Gasteiger partial charge on any atom is 0.155 e. The second-order valence-corrected chi connectivity index (χ2v) is 4.98. The lowest BCUT2D eigenvalue weighted by atomic mass is 10.1. The molecule has 0 fully saturated rings. The van der Waals surface area contributed by atoms with Crippen molar-refractivity contribution in [3.8, 4) is 5.75 Å². The first-order valence-electron chi connectivity index (χ1n) is 6.48. The van der Waals surface area contributed by atoms with Crippen LogP contribution >= 0.6 is 11.6 Å². The van der Waals surface area contributed by atoms with Crippen molar-refractivity contribution in [3.05, 3.63) is 46.1 Å². The highest BCUT2D eigenvalue weighted by Crippen LogP contribution is 2.20. The first-order valence-corrected chi connectivity index (χ1v) is 6.86. The van der Waals surface area contributed by atoms with Crippen molar-refractivity contribution >= 4 is 17.4 Å². The van der Waals surface area contributed by atoms with E-state index in [4.69, 9.17) is 16.3 Å². The molecule has 2 aromatic rings. The van der Waals surface area contributed by atoms with Crippen molar-refractivity contribution in [2.45, 2.75) is 20.3 Å². The van der Waals surface area contributed by atoms with Crippen LogP contribution in [0.15, 0.2) is 24.3 Å². The van der Waals surface area contributed by atoms with Gasteiger partial charge in [0.15, 0.2) is 11.0 Å². The van der Waals surface area contributed by atoms with Crippen LogP contribution in [0.2, 0.25) is 5.15 Å². The molecule has 0 saturated heterocycles. The van der Waals surface area contributed by atoms with Crippen LogP contribution in [0.3, 0.4) is 0 Å². The summed E-state index contributed by atoms with van der Waals surface area (Å²) in [7, 11) is 1.67. The third kappa shape index (κ3) is 3.39. The number of methoxy groups -OCH3 is 1. The molecule has 0 radical (unpaired) electrons. The molecule has 0 aliphatic rings. The van der Waals surface area contributed by atoms with Crippen molar-refractivity contribution in [2.24, 2.45) is 0 Å². The summed E-state index contributed by atoms with van der Waals surface area (Å²) < 4.78 is 5.21. The minimum atomic E-state index is 0.459. The summed E-state index contributed by atoms with van der Waals surface area (Å²) in [5.41, 5.74) is 3.22. The Morgan fingerprint density at radius 1 is 1.20 bits per heavy atom. The molecule has 4 nitrogen and oxygen atoms in total. The van der Waals surface area contributed by atoms with Gasteiger partial charge >= 0.3 is 0 Å². The van der Waals surface area contributed by atoms with Crippen LogP contribution in [0.1, 0.15) is 16.7 Å². The van der Waals surface area contributed by atoms with Crippen molar-refractivity contribution in [3.63, 3.8) is 0 Å². The van der Waals surface area contributed by atoms with Crippen LogP contribution in [0.5, 0.6) is 5.75 Å². The Kier molecular flexibility index (Phi) is 4.79. The van der Waals surface area contributed by atoms with E-state index in [2.05, 4.69) is 21.6 Å². The van der Waals surface area contributed by atoms with Gasteiger partial charge in [-0.25, -0.2) is 0 Å². The number of halogens is 1. The Labute approximate surface area is 124 Å². The van der Waals surface area contributed by atoms with E-state index in [9.17, 15) is 0 Å². The second-order valence-electron chi connectivity index (χ2n) is 4.62. The van der Waals surface area contributed by atoms with Crippen molar-refractivity contribution in [1.82, 2.24) is 10.2 Å². The van der Waals surface area contributed by atoms with Crippen LogP contribution in [-0.2, 0) is 6.42 Å². The molecule has 2 rings (SSSR count). The third-order valence-electron chi connectivity index (χ3n) is 3.31. The van der Waals surface area contributed by atoms with E-state index in [1.54, 1.807) is 7.11 Å². The fraction of sp³-hybridized carbons (Fsp3) is 0.333. The summed E-state index contributed by atoms with van der Waals surface area (Å²) in [6, 6.07) is 8.05. The molecule has 0 aliphatic heterocycles. The number of rotatable bonds is 5. The molecular weight excluding hydrogens is 274 g/mol. The molecule has 1 aromatic heterocycles. The summed E-state index contributed by atoms with van der Waals surface area (Å²) >= 11 is 5.93. The van der Waals surface area contributed by atoms with E-state index in [-0.39, 0.29) is 0 Å². The number of ether oxygens (including phenoxy) is 1. The fourth-order valence-electron chi connectivity index (χ4n) is 1.90. The van der Waals surface area contributed by atoms with Crippen molar-refractivity contribution in [1.29, 1.82) is 0 Å². The molecule has 0 atom stereocenters. The molecule has 0 saturated carbocycles. The smallest absolute Gasteiger partial charge is 0.155 e. The Hall–Kier alpha value is -1.81. The normalized spacial score (nSPS) is 10.4. The summed E-state index contributed by atoms with van der Waals surface area (Å²) in [5, 5.41) is 11.8. The third-order valence-corrected chi connectivity index (χ3v) is 3.66. The van der Waals surface area contributed by atoms with E-state index in [1.807, 2.05) is 32.0 Å². The van der Waals surface area contributed by atoms with Gasteiger partial charge in [-0.05, 0) is 49.1 Å². The van der Waals surface area contributed by atoms with Gasteiger partial charge in [-0.1, -0.05) is 23.7 Å². The van der Waals surface area contributed by atoms with Crippen LogP contribution < -0.4 is 10.1 Å². The van der Waals surface area contributed by atoms with Crippen LogP contribution in [-0.4, -0.2) is 23.9 Å². The van der Waals surface area contributed by atoms with Crippen LogP contribution in [0, 0.1) is 13.8 Å². The Morgan fingerprint density at radius 2 is 2.00 bits per heavy atom. The average Bonchev–Trinajstić information content (AvgIpc) is 2.47. The summed E-state index contributed by atoms with van der Waals surface area (Å²) in [5.74, 6) is 1.66. The Morgan fingerprint density at radius 3 is 2.75 bits per heavy atom. The molecule has 0 aliphatic carbocycles. The number of nitrogens with one attached hydrogen (secondary N) is 1. The molecule has 0 spiro atoms. The minimum absolute atomic E-state index is 0.459. The lowest BCUT2D eigenvalue weighted by Crippen LogP contribution is -2.09. The summed E-state index contributed by atoms with van der Waals surface area (Å²) in [4.78, 5) is 0. The molecule has 5 heteroatoms. The Bertz CT molecular complexity index is 602. The van der Waals surface area contributed by atoms with Gasteiger partial charge in [0.25, 0.3) is 0 Å². The van der Waals surface area contributed by atoms with Gasteiger partial charge in [0.05, 0.1) is 7.11 Å². The van der Waals surface area contributed by atoms with E-state index >= 15 is 0 Å². The van der Waals surface area contributed by atoms with Gasteiger partial charge in [0.2, 0.25) is 0 Å². The van der Waals surface area contributed by atoms with Crippen LogP contribution in [0.25, 0.3) is 0 Å². The van der Waals surface area contributed by atoms with Gasteiger partial charge < -0.3 is 10.1 Å². The molecule has 1 aromatic carbocycles. The van der Waals surface area contributed by atoms with Gasteiger partial charge in [0, 0.05) is 6.54 Å². The Balaban J connectivity index is 1.97. The zero-order valence-corrected chi connectivity index (χ0v) is 12.7. The quantitative estimate of drug-likeness (QED) is 0.917. The SMILES string of the molecule is COc1cccc(CCNc2nnc(Cl)c(C)c2C)c1. The number of hydrogen-bond donors (Lipinski definition) is 1. The van der Waals surface area contributed by atoms with E-state index in [1.165, 1.54) is 5.56 Å². The monoisotopic (exact) mass is 291 g/mol. The van der Waals surface area contributed by atoms with E-state index < -0.39 is 0 Å². The van der Waals surface area contributed by atoms with Crippen molar-refractivity contribution in [2.75, 3.05) is 19.0 Å². The number of nitrogens with zero attached hydrogens (tertiary/aromatic N) is 2. The van der Waals surface area contributed by atoms with Gasteiger partial charge in [-0.2, -0.15) is 0 Å². The van der Waals surface area contributed by atoms with E-state index in [0.29, 0.717) is 5.15 Å². The van der Waals surface area contributed by atoms with Crippen LogP contribution in [0.4, 0.5) is 5.82 Å². The lowest BCUT2D eigenvalue weighted by Gasteiger charge is -2.10. The number of hydrogen-bond acceptors (Lipinski definition) is 4. The van der Waals surface area contributed by atoms with Gasteiger partial charge in [0.1, 0.15) is 5.75 Å². The highest BCUT2D eigenvalue weighted by Gasteiger charge is 2.07. The number of anilines is 1. The predicted octanol–water partition coefficient (Wildman–Crippen LogP) is 3.41. The molecule has 0 amide bonds. The molecule has 106 valence electrons. The molecule has 1 N–H and O–H groups in total. The zero-order chi connectivity index (χ0) is 14.5. The number of aromatic nitrogens is 2. The average molecular weight is 292 g/mol. The molecular formula is C15H18ClN3O. The largest absolute Gasteiger partial charge is 0.497 e. The lowest BCUT2D eigenvalue weighted by molar-refractivity contribution is 0.414. The standard InChI is InChI=1S/C15H18ClN3O/c1-10-11(2)15(19-18-14(10)16)17-8-7-12-5-4-6-13(9-12)20-3/h4-6,9H,7-8H2,1-3H3,(H,17,19). The number of benzene rings is 1. The first-order chi connectivity index (χ1) is 9.61. The summed E-state index contributed by atoms with van der Waals surface area (Å²) in [6.45, 7) is 4.72. The molecule has 1 heterocycles. The highest BCUT2D eigenvalue weighted by atomic mass is 35.5. The highest BCUT2D eigenvalue weighted by molar-refractivity contribution is 6.30. The molecule has 20 heavy (non-hydrogen) atoms. The topological polar surface area (TPSA) is 47.0 Å². The van der Waals surface area contributed by atoms with Gasteiger partial charge in [-0.3, -0.25) is 0 Å². The maximum atomic E-state index is 5.93. The van der Waals surface area contributed by atoms with Crippen molar-refractivity contribution < 1.29 is 4.74 Å². The second kappa shape index (κ2) is 6.57. The predicted molar refractivity (Wildman–Crippen MR) is 81.7 cm³/mol. The first kappa shape index (κ1) is 14.6. The van der Waals surface area contributed by atoms with E-state index in [0.717, 1.165) is 35.7 Å². The summed E-state index contributed by atoms with van der Waals surface area (Å²) in [6.07, 6.45) is 0.889. The molecule has 0 unspecified atom stereocenters.